The number of carbonyl (C=O) groups is 1. The Labute approximate surface area is 121 Å². The lowest BCUT2D eigenvalue weighted by atomic mass is 10.1. The Balaban J connectivity index is 2.21. The lowest BCUT2D eigenvalue weighted by molar-refractivity contribution is 0.0954. The first-order chi connectivity index (χ1) is 10.1. The van der Waals surface area contributed by atoms with E-state index in [9.17, 15) is 14.3 Å². The van der Waals surface area contributed by atoms with Gasteiger partial charge in [-0.1, -0.05) is 6.92 Å². The molecular formula is C15H14FN3O2. The molecule has 0 saturated carbocycles. The van der Waals surface area contributed by atoms with Crippen LogP contribution in [0.25, 0.3) is 0 Å². The molecule has 0 aliphatic heterocycles. The van der Waals surface area contributed by atoms with Crippen molar-refractivity contribution >= 4 is 11.6 Å². The molecule has 0 fully saturated rings. The maximum Gasteiger partial charge on any atom is 0.271 e. The number of phenols is 1. The summed E-state index contributed by atoms with van der Waals surface area (Å²) >= 11 is 0. The highest BCUT2D eigenvalue weighted by atomic mass is 19.1. The molecule has 0 spiro atoms. The number of benzene rings is 1. The highest BCUT2D eigenvalue weighted by Crippen LogP contribution is 2.19. The second kappa shape index (κ2) is 6.60. The van der Waals surface area contributed by atoms with E-state index < -0.39 is 11.7 Å². The lowest BCUT2D eigenvalue weighted by Gasteiger charge is -2.07. The summed E-state index contributed by atoms with van der Waals surface area (Å²) in [6.07, 6.45) is 3.42. The number of pyridine rings is 1. The Bertz CT molecular complexity index is 672. The number of nitrogens with zero attached hydrogens (tertiary/aromatic N) is 2. The predicted molar refractivity (Wildman–Crippen MR) is 76.6 cm³/mol. The number of rotatable bonds is 4. The molecule has 0 unspecified atom stereocenters. The van der Waals surface area contributed by atoms with Crippen LogP contribution in [-0.4, -0.2) is 21.7 Å². The number of halogens is 1. The van der Waals surface area contributed by atoms with Gasteiger partial charge in [-0.2, -0.15) is 5.10 Å². The SMILES string of the molecule is CCC(=NNC(=O)c1ccncc1)c1cc(F)ccc1O. The Morgan fingerprint density at radius 2 is 2.05 bits per heavy atom. The van der Waals surface area contributed by atoms with Crippen molar-refractivity contribution in [1.29, 1.82) is 0 Å². The molecule has 1 aromatic carbocycles. The third-order valence-corrected chi connectivity index (χ3v) is 2.84. The van der Waals surface area contributed by atoms with Crippen LogP contribution in [0.5, 0.6) is 5.75 Å². The van der Waals surface area contributed by atoms with Crippen LogP contribution in [0.2, 0.25) is 0 Å². The number of carbonyl (C=O) groups excluding carboxylic acids is 1. The van der Waals surface area contributed by atoms with E-state index in [4.69, 9.17) is 0 Å². The number of hydrogen-bond donors (Lipinski definition) is 2. The van der Waals surface area contributed by atoms with Crippen LogP contribution in [0.1, 0.15) is 29.3 Å². The van der Waals surface area contributed by atoms with E-state index >= 15 is 0 Å². The first-order valence-electron chi connectivity index (χ1n) is 6.37. The van der Waals surface area contributed by atoms with E-state index in [1.807, 2.05) is 0 Å². The second-order valence-corrected chi connectivity index (χ2v) is 4.25. The van der Waals surface area contributed by atoms with E-state index in [0.29, 0.717) is 17.7 Å². The van der Waals surface area contributed by atoms with E-state index in [2.05, 4.69) is 15.5 Å². The topological polar surface area (TPSA) is 74.6 Å². The Morgan fingerprint density at radius 3 is 2.71 bits per heavy atom. The average molecular weight is 287 g/mol. The highest BCUT2D eigenvalue weighted by Gasteiger charge is 2.10. The Morgan fingerprint density at radius 1 is 1.33 bits per heavy atom. The minimum absolute atomic E-state index is 0.0878. The predicted octanol–water partition coefficient (Wildman–Crippen LogP) is 2.47. The Hall–Kier alpha value is -2.76. The summed E-state index contributed by atoms with van der Waals surface area (Å²) in [4.78, 5) is 15.7. The van der Waals surface area contributed by atoms with Gasteiger partial charge in [0, 0.05) is 23.5 Å². The quantitative estimate of drug-likeness (QED) is 0.670. The van der Waals surface area contributed by atoms with Crippen molar-refractivity contribution in [2.24, 2.45) is 5.10 Å². The van der Waals surface area contributed by atoms with Gasteiger partial charge in [-0.25, -0.2) is 9.82 Å². The summed E-state index contributed by atoms with van der Waals surface area (Å²) in [6.45, 7) is 1.79. The van der Waals surface area contributed by atoms with E-state index in [-0.39, 0.29) is 11.3 Å². The van der Waals surface area contributed by atoms with Crippen LogP contribution in [0.15, 0.2) is 47.8 Å². The molecule has 1 heterocycles. The first kappa shape index (κ1) is 14.6. The summed E-state index contributed by atoms with van der Waals surface area (Å²) in [6, 6.07) is 6.69. The van der Waals surface area contributed by atoms with Crippen molar-refractivity contribution in [3.05, 3.63) is 59.7 Å². The number of aromatic nitrogens is 1. The molecule has 2 rings (SSSR count). The van der Waals surface area contributed by atoms with Gasteiger partial charge in [0.2, 0.25) is 0 Å². The largest absolute Gasteiger partial charge is 0.507 e. The Kier molecular flexibility index (Phi) is 4.61. The summed E-state index contributed by atoms with van der Waals surface area (Å²) in [7, 11) is 0. The molecule has 0 aliphatic carbocycles. The molecule has 1 aromatic heterocycles. The number of hydrazone groups is 1. The molecule has 0 saturated heterocycles. The third kappa shape index (κ3) is 3.62. The molecule has 6 heteroatoms. The van der Waals surface area contributed by atoms with Gasteiger partial charge in [-0.3, -0.25) is 9.78 Å². The number of phenolic OH excluding ortho intramolecular Hbond substituents is 1. The fraction of sp³-hybridized carbons (Fsp3) is 0.133. The van der Waals surface area contributed by atoms with Crippen LogP contribution in [0.3, 0.4) is 0 Å². The molecule has 108 valence electrons. The number of nitrogens with one attached hydrogen (secondary N) is 1. The standard InChI is InChI=1S/C15H14FN3O2/c1-2-13(12-9-11(16)3-4-14(12)20)18-19-15(21)10-5-7-17-8-6-10/h3-9,20H,2H2,1H3,(H,19,21). The number of aromatic hydroxyl groups is 1. The number of hydrogen-bond acceptors (Lipinski definition) is 4. The van der Waals surface area contributed by atoms with Gasteiger partial charge in [-0.15, -0.1) is 0 Å². The molecule has 5 nitrogen and oxygen atoms in total. The number of amides is 1. The maximum absolute atomic E-state index is 13.2. The fourth-order valence-corrected chi connectivity index (χ4v) is 1.76. The van der Waals surface area contributed by atoms with Crippen molar-refractivity contribution in [3.8, 4) is 5.75 Å². The molecule has 2 N–H and O–H groups in total. The minimum Gasteiger partial charge on any atom is -0.507 e. The second-order valence-electron chi connectivity index (χ2n) is 4.25. The molecule has 0 atom stereocenters. The van der Waals surface area contributed by atoms with Gasteiger partial charge < -0.3 is 5.11 Å². The smallest absolute Gasteiger partial charge is 0.271 e. The van der Waals surface area contributed by atoms with Gasteiger partial charge in [0.25, 0.3) is 5.91 Å². The lowest BCUT2D eigenvalue weighted by Crippen LogP contribution is -2.20. The van der Waals surface area contributed by atoms with Crippen molar-refractivity contribution in [3.63, 3.8) is 0 Å². The van der Waals surface area contributed by atoms with Crippen molar-refractivity contribution in [2.75, 3.05) is 0 Å². The summed E-state index contributed by atoms with van der Waals surface area (Å²) in [5.41, 5.74) is 3.43. The van der Waals surface area contributed by atoms with Crippen LogP contribution in [0.4, 0.5) is 4.39 Å². The van der Waals surface area contributed by atoms with Crippen LogP contribution in [0, 0.1) is 5.82 Å². The van der Waals surface area contributed by atoms with Crippen LogP contribution in [-0.2, 0) is 0 Å². The van der Waals surface area contributed by atoms with Gasteiger partial charge in [0.1, 0.15) is 11.6 Å². The molecule has 0 aliphatic rings. The third-order valence-electron chi connectivity index (χ3n) is 2.84. The zero-order chi connectivity index (χ0) is 15.2. The summed E-state index contributed by atoms with van der Waals surface area (Å²) in [5, 5.41) is 13.7. The fourth-order valence-electron chi connectivity index (χ4n) is 1.76. The van der Waals surface area contributed by atoms with E-state index in [0.717, 1.165) is 6.07 Å². The van der Waals surface area contributed by atoms with Gasteiger partial charge >= 0.3 is 0 Å². The highest BCUT2D eigenvalue weighted by molar-refractivity contribution is 6.03. The maximum atomic E-state index is 13.2. The molecule has 1 amide bonds. The normalized spacial score (nSPS) is 11.2. The molecular weight excluding hydrogens is 273 g/mol. The average Bonchev–Trinajstić information content (AvgIpc) is 2.51. The monoisotopic (exact) mass is 287 g/mol. The molecule has 0 radical (unpaired) electrons. The van der Waals surface area contributed by atoms with Crippen molar-refractivity contribution in [2.45, 2.75) is 13.3 Å². The first-order valence-corrected chi connectivity index (χ1v) is 6.37. The zero-order valence-corrected chi connectivity index (χ0v) is 11.4. The molecule has 0 bridgehead atoms. The minimum atomic E-state index is -0.482. The van der Waals surface area contributed by atoms with Crippen LogP contribution >= 0.6 is 0 Å². The summed E-state index contributed by atoms with van der Waals surface area (Å²) in [5.74, 6) is -0.973. The zero-order valence-electron chi connectivity index (χ0n) is 11.4. The van der Waals surface area contributed by atoms with Crippen LogP contribution < -0.4 is 5.43 Å². The molecule has 2 aromatic rings. The summed E-state index contributed by atoms with van der Waals surface area (Å²) < 4.78 is 13.2. The van der Waals surface area contributed by atoms with Crippen molar-refractivity contribution < 1.29 is 14.3 Å². The van der Waals surface area contributed by atoms with Gasteiger partial charge in [0.15, 0.2) is 0 Å². The van der Waals surface area contributed by atoms with Gasteiger partial charge in [-0.05, 0) is 36.8 Å². The van der Waals surface area contributed by atoms with Crippen molar-refractivity contribution in [1.82, 2.24) is 10.4 Å². The van der Waals surface area contributed by atoms with E-state index in [1.54, 1.807) is 19.1 Å². The molecule has 21 heavy (non-hydrogen) atoms. The van der Waals surface area contributed by atoms with E-state index in [1.165, 1.54) is 24.5 Å². The van der Waals surface area contributed by atoms with Gasteiger partial charge in [0.05, 0.1) is 5.71 Å².